The highest BCUT2D eigenvalue weighted by Crippen LogP contribution is 2.26. The van der Waals surface area contributed by atoms with Crippen LogP contribution in [0.2, 0.25) is 5.02 Å². The van der Waals surface area contributed by atoms with Crippen LogP contribution in [0.15, 0.2) is 36.4 Å². The van der Waals surface area contributed by atoms with Gasteiger partial charge < -0.3 is 5.32 Å². The van der Waals surface area contributed by atoms with Gasteiger partial charge >= 0.3 is 0 Å². The molecule has 1 aromatic heterocycles. The van der Waals surface area contributed by atoms with Gasteiger partial charge in [-0.1, -0.05) is 35.9 Å². The minimum atomic E-state index is 0.739. The second-order valence-electron chi connectivity index (χ2n) is 5.07. The fraction of sp³-hybridized carbons (Fsp3) is 0.312. The summed E-state index contributed by atoms with van der Waals surface area (Å²) in [6, 6.07) is 12.4. The number of fused-ring (bicyclic) bond motifs is 1. The van der Waals surface area contributed by atoms with Crippen LogP contribution in [-0.2, 0) is 19.6 Å². The largest absolute Gasteiger partial charge is 0.370 e. The van der Waals surface area contributed by atoms with Crippen molar-refractivity contribution in [2.24, 2.45) is 0 Å². The van der Waals surface area contributed by atoms with Crippen molar-refractivity contribution in [2.75, 3.05) is 11.9 Å². The standard InChI is InChI=1S/C16H18ClN3/c1-2-18-16-8-7-14(17)15(19-16)11-20-9-12-5-3-4-6-13(12)10-20/h3-8H,2,9-11H2,1H3,(H,18,19). The molecule has 0 saturated heterocycles. The quantitative estimate of drug-likeness (QED) is 0.930. The minimum absolute atomic E-state index is 0.739. The van der Waals surface area contributed by atoms with E-state index in [2.05, 4.69) is 46.4 Å². The number of nitrogens with zero attached hydrogens (tertiary/aromatic N) is 2. The number of anilines is 1. The number of halogens is 1. The Morgan fingerprint density at radius 2 is 1.85 bits per heavy atom. The molecule has 0 bridgehead atoms. The van der Waals surface area contributed by atoms with Crippen molar-refractivity contribution in [3.8, 4) is 0 Å². The van der Waals surface area contributed by atoms with Gasteiger partial charge in [-0.2, -0.15) is 0 Å². The lowest BCUT2D eigenvalue weighted by molar-refractivity contribution is 0.272. The van der Waals surface area contributed by atoms with Gasteiger partial charge in [-0.05, 0) is 30.2 Å². The first-order valence-corrected chi connectivity index (χ1v) is 7.32. The Kier molecular flexibility index (Phi) is 3.90. The molecule has 0 spiro atoms. The SMILES string of the molecule is CCNc1ccc(Cl)c(CN2Cc3ccccc3C2)n1. The van der Waals surface area contributed by atoms with Gasteiger partial charge in [0.2, 0.25) is 0 Å². The van der Waals surface area contributed by atoms with Crippen LogP contribution >= 0.6 is 11.6 Å². The van der Waals surface area contributed by atoms with E-state index in [1.165, 1.54) is 11.1 Å². The number of nitrogens with one attached hydrogen (secondary N) is 1. The summed E-state index contributed by atoms with van der Waals surface area (Å²) in [7, 11) is 0. The van der Waals surface area contributed by atoms with Gasteiger partial charge in [0.15, 0.2) is 0 Å². The van der Waals surface area contributed by atoms with Crippen molar-refractivity contribution in [1.82, 2.24) is 9.88 Å². The van der Waals surface area contributed by atoms with E-state index in [-0.39, 0.29) is 0 Å². The van der Waals surface area contributed by atoms with Gasteiger partial charge in [-0.15, -0.1) is 0 Å². The average molecular weight is 288 g/mol. The van der Waals surface area contributed by atoms with Crippen LogP contribution in [0, 0.1) is 0 Å². The molecule has 20 heavy (non-hydrogen) atoms. The Hall–Kier alpha value is -1.58. The van der Waals surface area contributed by atoms with E-state index in [1.807, 2.05) is 12.1 Å². The molecule has 2 heterocycles. The number of hydrogen-bond acceptors (Lipinski definition) is 3. The molecular weight excluding hydrogens is 270 g/mol. The summed E-state index contributed by atoms with van der Waals surface area (Å²) in [5.41, 5.74) is 3.76. The van der Waals surface area contributed by atoms with Crippen molar-refractivity contribution in [3.63, 3.8) is 0 Å². The molecule has 1 aromatic carbocycles. The van der Waals surface area contributed by atoms with Gasteiger partial charge in [-0.25, -0.2) is 4.98 Å². The van der Waals surface area contributed by atoms with E-state index in [1.54, 1.807) is 0 Å². The molecule has 0 fully saturated rings. The molecule has 104 valence electrons. The normalized spacial score (nSPS) is 14.3. The second kappa shape index (κ2) is 5.81. The zero-order chi connectivity index (χ0) is 13.9. The van der Waals surface area contributed by atoms with E-state index in [0.29, 0.717) is 0 Å². The number of benzene rings is 1. The average Bonchev–Trinajstić information content (AvgIpc) is 2.85. The Labute approximate surface area is 124 Å². The lowest BCUT2D eigenvalue weighted by Gasteiger charge is -2.16. The van der Waals surface area contributed by atoms with Crippen LogP contribution in [0.3, 0.4) is 0 Å². The van der Waals surface area contributed by atoms with E-state index >= 15 is 0 Å². The summed E-state index contributed by atoms with van der Waals surface area (Å²) in [5, 5.41) is 3.97. The van der Waals surface area contributed by atoms with Crippen LogP contribution in [0.1, 0.15) is 23.7 Å². The zero-order valence-corrected chi connectivity index (χ0v) is 12.3. The first kappa shape index (κ1) is 13.4. The maximum Gasteiger partial charge on any atom is 0.126 e. The molecule has 0 unspecified atom stereocenters. The fourth-order valence-corrected chi connectivity index (χ4v) is 2.77. The molecular formula is C16H18ClN3. The molecule has 0 radical (unpaired) electrons. The van der Waals surface area contributed by atoms with Crippen molar-refractivity contribution < 1.29 is 0 Å². The Morgan fingerprint density at radius 3 is 2.50 bits per heavy atom. The maximum atomic E-state index is 6.27. The van der Waals surface area contributed by atoms with Gasteiger partial charge in [0.05, 0.1) is 10.7 Å². The van der Waals surface area contributed by atoms with E-state index in [9.17, 15) is 0 Å². The molecule has 4 heteroatoms. The van der Waals surface area contributed by atoms with Crippen LogP contribution in [0.25, 0.3) is 0 Å². The molecule has 0 saturated carbocycles. The van der Waals surface area contributed by atoms with Crippen LogP contribution < -0.4 is 5.32 Å². The Balaban J connectivity index is 1.74. The third-order valence-electron chi connectivity index (χ3n) is 3.56. The predicted molar refractivity (Wildman–Crippen MR) is 82.8 cm³/mol. The molecule has 1 aliphatic heterocycles. The fourth-order valence-electron chi connectivity index (χ4n) is 2.60. The molecule has 0 amide bonds. The van der Waals surface area contributed by atoms with Crippen molar-refractivity contribution in [1.29, 1.82) is 0 Å². The van der Waals surface area contributed by atoms with Crippen molar-refractivity contribution >= 4 is 17.4 Å². The van der Waals surface area contributed by atoms with Crippen LogP contribution in [0.5, 0.6) is 0 Å². The van der Waals surface area contributed by atoms with Crippen molar-refractivity contribution in [3.05, 3.63) is 58.2 Å². The van der Waals surface area contributed by atoms with Gasteiger partial charge in [0.25, 0.3) is 0 Å². The van der Waals surface area contributed by atoms with Crippen LogP contribution in [-0.4, -0.2) is 16.4 Å². The number of rotatable bonds is 4. The van der Waals surface area contributed by atoms with Gasteiger partial charge in [0, 0.05) is 26.2 Å². The summed E-state index contributed by atoms with van der Waals surface area (Å²) in [5.74, 6) is 0.892. The molecule has 1 aliphatic rings. The van der Waals surface area contributed by atoms with Gasteiger partial charge in [0.1, 0.15) is 5.82 Å². The number of hydrogen-bond donors (Lipinski definition) is 1. The van der Waals surface area contributed by atoms with E-state index in [4.69, 9.17) is 11.6 Å². The lowest BCUT2D eigenvalue weighted by atomic mass is 10.1. The first-order valence-electron chi connectivity index (χ1n) is 6.94. The summed E-state index contributed by atoms with van der Waals surface area (Å²) >= 11 is 6.27. The molecule has 3 nitrogen and oxygen atoms in total. The summed E-state index contributed by atoms with van der Waals surface area (Å²) < 4.78 is 0. The third-order valence-corrected chi connectivity index (χ3v) is 3.90. The molecule has 3 rings (SSSR count). The molecule has 2 aromatic rings. The Bertz CT molecular complexity index is 587. The number of pyridine rings is 1. The highest BCUT2D eigenvalue weighted by Gasteiger charge is 2.19. The predicted octanol–water partition coefficient (Wildman–Crippen LogP) is 3.68. The van der Waals surface area contributed by atoms with Gasteiger partial charge in [-0.3, -0.25) is 4.90 Å². The number of aromatic nitrogens is 1. The highest BCUT2D eigenvalue weighted by atomic mass is 35.5. The summed E-state index contributed by atoms with van der Waals surface area (Å²) in [6.45, 7) is 5.66. The highest BCUT2D eigenvalue weighted by molar-refractivity contribution is 6.31. The van der Waals surface area contributed by atoms with E-state index < -0.39 is 0 Å². The molecule has 0 aliphatic carbocycles. The first-order chi connectivity index (χ1) is 9.76. The maximum absolute atomic E-state index is 6.27. The third kappa shape index (κ3) is 2.79. The summed E-state index contributed by atoms with van der Waals surface area (Å²) in [6.07, 6.45) is 0. The van der Waals surface area contributed by atoms with Crippen LogP contribution in [0.4, 0.5) is 5.82 Å². The topological polar surface area (TPSA) is 28.2 Å². The molecule has 1 N–H and O–H groups in total. The smallest absolute Gasteiger partial charge is 0.126 e. The Morgan fingerprint density at radius 1 is 1.15 bits per heavy atom. The monoisotopic (exact) mass is 287 g/mol. The van der Waals surface area contributed by atoms with Crippen molar-refractivity contribution in [2.45, 2.75) is 26.6 Å². The minimum Gasteiger partial charge on any atom is -0.370 e. The summed E-state index contributed by atoms with van der Waals surface area (Å²) in [4.78, 5) is 6.97. The second-order valence-corrected chi connectivity index (χ2v) is 5.48. The zero-order valence-electron chi connectivity index (χ0n) is 11.6. The van der Waals surface area contributed by atoms with E-state index in [0.717, 1.165) is 42.7 Å². The molecule has 0 atom stereocenters. The lowest BCUT2D eigenvalue weighted by Crippen LogP contribution is -2.17.